The fraction of sp³-hybridized carbons (Fsp3) is 0. The number of nitrogen functional groups attached to an aromatic ring is 1. The molecule has 0 aliphatic carbocycles. The molecular weight excluding hydrogens is 234 g/mol. The van der Waals surface area contributed by atoms with Gasteiger partial charge in [-0.2, -0.15) is 5.26 Å². The summed E-state index contributed by atoms with van der Waals surface area (Å²) in [5.41, 5.74) is 6.46. The molecule has 0 radical (unpaired) electrons. The number of halogens is 1. The normalized spacial score (nSPS) is 8.92. The zero-order valence-electron chi connectivity index (χ0n) is 6.54. The van der Waals surface area contributed by atoms with Crippen LogP contribution in [0.25, 0.3) is 0 Å². The molecule has 0 saturated carbocycles. The molecule has 1 aromatic carbocycles. The van der Waals surface area contributed by atoms with Gasteiger partial charge in [0.2, 0.25) is 0 Å². The Hall–Kier alpha value is -1.54. The van der Waals surface area contributed by atoms with Crippen LogP contribution in [0.4, 0.5) is 5.69 Å². The minimum Gasteiger partial charge on any atom is -0.398 e. The van der Waals surface area contributed by atoms with Crippen LogP contribution >= 0.6 is 15.9 Å². The highest BCUT2D eigenvalue weighted by Gasteiger charge is 2.05. The van der Waals surface area contributed by atoms with Crippen molar-refractivity contribution in [2.75, 3.05) is 5.73 Å². The smallest absolute Gasteiger partial charge is 0.264 e. The second-order valence-electron chi connectivity index (χ2n) is 2.30. The number of nitrogens with one attached hydrogen (secondary N) is 1. The number of nitriles is 1. The first-order valence-corrected chi connectivity index (χ1v) is 4.19. The Balaban J connectivity index is 2.98. The van der Waals surface area contributed by atoms with Crippen LogP contribution in [-0.2, 0) is 0 Å². The third-order valence-corrected chi connectivity index (χ3v) is 2.12. The summed E-state index contributed by atoms with van der Waals surface area (Å²) in [6, 6.07) is 4.70. The van der Waals surface area contributed by atoms with Gasteiger partial charge in [0.25, 0.3) is 5.91 Å². The first-order valence-electron chi connectivity index (χ1n) is 3.39. The lowest BCUT2D eigenvalue weighted by molar-refractivity contribution is 0.0973. The molecule has 0 heterocycles. The molecule has 0 aromatic heterocycles. The Morgan fingerprint density at radius 1 is 1.62 bits per heavy atom. The molecule has 1 amide bonds. The van der Waals surface area contributed by atoms with Gasteiger partial charge in [-0.3, -0.25) is 10.1 Å². The summed E-state index contributed by atoms with van der Waals surface area (Å²) in [7, 11) is 0. The summed E-state index contributed by atoms with van der Waals surface area (Å²) >= 11 is 3.18. The monoisotopic (exact) mass is 239 g/mol. The maximum absolute atomic E-state index is 11.1. The van der Waals surface area contributed by atoms with E-state index in [-0.39, 0.29) is 0 Å². The number of nitrogens with zero attached hydrogens (tertiary/aromatic N) is 1. The molecule has 66 valence electrons. The zero-order chi connectivity index (χ0) is 9.84. The highest BCUT2D eigenvalue weighted by Crippen LogP contribution is 2.20. The summed E-state index contributed by atoms with van der Waals surface area (Å²) in [4.78, 5) is 11.1. The minimum atomic E-state index is -0.441. The molecule has 5 heteroatoms. The van der Waals surface area contributed by atoms with E-state index in [4.69, 9.17) is 11.0 Å². The average molecular weight is 240 g/mol. The second-order valence-corrected chi connectivity index (χ2v) is 3.16. The molecule has 0 aliphatic heterocycles. The van der Waals surface area contributed by atoms with E-state index in [9.17, 15) is 4.79 Å². The molecule has 0 bridgehead atoms. The van der Waals surface area contributed by atoms with Crippen LogP contribution in [-0.4, -0.2) is 5.91 Å². The highest BCUT2D eigenvalue weighted by molar-refractivity contribution is 9.10. The number of carbonyl (C=O) groups excluding carboxylic acids is 1. The lowest BCUT2D eigenvalue weighted by atomic mass is 10.2. The van der Waals surface area contributed by atoms with Crippen LogP contribution in [0.3, 0.4) is 0 Å². The number of anilines is 1. The van der Waals surface area contributed by atoms with Gasteiger partial charge in [-0.15, -0.1) is 0 Å². The molecule has 0 aliphatic rings. The Morgan fingerprint density at radius 2 is 2.31 bits per heavy atom. The van der Waals surface area contributed by atoms with E-state index >= 15 is 0 Å². The third-order valence-electron chi connectivity index (χ3n) is 1.43. The van der Waals surface area contributed by atoms with E-state index in [1.807, 2.05) is 5.32 Å². The molecule has 1 aromatic rings. The van der Waals surface area contributed by atoms with Crippen molar-refractivity contribution in [3.8, 4) is 6.19 Å². The molecule has 4 nitrogen and oxygen atoms in total. The van der Waals surface area contributed by atoms with Gasteiger partial charge in [-0.25, -0.2) is 0 Å². The van der Waals surface area contributed by atoms with E-state index in [2.05, 4.69) is 15.9 Å². The highest BCUT2D eigenvalue weighted by atomic mass is 79.9. The Bertz CT molecular complexity index is 383. The first-order chi connectivity index (χ1) is 6.15. The molecular formula is C8H6BrN3O. The Kier molecular flexibility index (Phi) is 2.88. The van der Waals surface area contributed by atoms with E-state index < -0.39 is 5.91 Å². The van der Waals surface area contributed by atoms with Crippen molar-refractivity contribution in [2.24, 2.45) is 0 Å². The minimum absolute atomic E-state index is 0.391. The summed E-state index contributed by atoms with van der Waals surface area (Å²) in [6.07, 6.45) is 1.55. The molecule has 0 spiro atoms. The number of carbonyl (C=O) groups is 1. The van der Waals surface area contributed by atoms with Gasteiger partial charge in [0, 0.05) is 15.7 Å². The topological polar surface area (TPSA) is 78.9 Å². The first kappa shape index (κ1) is 9.55. The van der Waals surface area contributed by atoms with Crippen molar-refractivity contribution in [3.05, 3.63) is 28.2 Å². The number of hydrogen-bond acceptors (Lipinski definition) is 3. The van der Waals surface area contributed by atoms with E-state index in [0.717, 1.165) is 0 Å². The SMILES string of the molecule is N#CNC(=O)c1ccc(N)c(Br)c1. The molecule has 1 rings (SSSR count). The third kappa shape index (κ3) is 2.20. The quantitative estimate of drug-likeness (QED) is 0.440. The molecule has 3 N–H and O–H groups in total. The predicted octanol–water partition coefficient (Wildman–Crippen LogP) is 1.24. The fourth-order valence-corrected chi connectivity index (χ4v) is 1.17. The van der Waals surface area contributed by atoms with Crippen LogP contribution in [0.1, 0.15) is 10.4 Å². The van der Waals surface area contributed by atoms with Crippen LogP contribution in [0, 0.1) is 11.5 Å². The molecule has 0 atom stereocenters. The summed E-state index contributed by atoms with van der Waals surface area (Å²) in [6.45, 7) is 0. The standard InChI is InChI=1S/C8H6BrN3O/c9-6-3-5(1-2-7(6)11)8(13)12-4-10/h1-3H,11H2,(H,12,13). The van der Waals surface area contributed by atoms with Gasteiger partial charge < -0.3 is 5.73 Å². The molecule has 0 fully saturated rings. The lowest BCUT2D eigenvalue weighted by Crippen LogP contribution is -2.17. The van der Waals surface area contributed by atoms with Gasteiger partial charge >= 0.3 is 0 Å². The van der Waals surface area contributed by atoms with E-state index in [1.54, 1.807) is 24.4 Å². The van der Waals surface area contributed by atoms with Crippen molar-refractivity contribution < 1.29 is 4.79 Å². The summed E-state index contributed by atoms with van der Waals surface area (Å²) < 4.78 is 0.637. The maximum Gasteiger partial charge on any atom is 0.264 e. The second kappa shape index (κ2) is 3.92. The van der Waals surface area contributed by atoms with E-state index in [1.165, 1.54) is 0 Å². The number of rotatable bonds is 1. The number of hydrogen-bond donors (Lipinski definition) is 2. The van der Waals surface area contributed by atoms with Crippen molar-refractivity contribution in [1.82, 2.24) is 5.32 Å². The van der Waals surface area contributed by atoms with Gasteiger partial charge in [-0.1, -0.05) is 0 Å². The van der Waals surface area contributed by atoms with Crippen molar-refractivity contribution in [2.45, 2.75) is 0 Å². The number of nitrogens with two attached hydrogens (primary N) is 1. The summed E-state index contributed by atoms with van der Waals surface area (Å²) in [5.74, 6) is -0.441. The molecule has 13 heavy (non-hydrogen) atoms. The van der Waals surface area contributed by atoms with Crippen LogP contribution in [0.2, 0.25) is 0 Å². The van der Waals surface area contributed by atoms with Gasteiger partial charge in [-0.05, 0) is 34.1 Å². The largest absolute Gasteiger partial charge is 0.398 e. The lowest BCUT2D eigenvalue weighted by Gasteiger charge is -2.00. The summed E-state index contributed by atoms with van der Waals surface area (Å²) in [5, 5.41) is 10.2. The van der Waals surface area contributed by atoms with E-state index in [0.29, 0.717) is 15.7 Å². The maximum atomic E-state index is 11.1. The van der Waals surface area contributed by atoms with Crippen molar-refractivity contribution >= 4 is 27.5 Å². The number of amides is 1. The Labute approximate surface area is 83.5 Å². The number of benzene rings is 1. The van der Waals surface area contributed by atoms with Gasteiger partial charge in [0.15, 0.2) is 6.19 Å². The van der Waals surface area contributed by atoms with Crippen LogP contribution in [0.15, 0.2) is 22.7 Å². The Morgan fingerprint density at radius 3 is 2.85 bits per heavy atom. The average Bonchev–Trinajstić information content (AvgIpc) is 2.10. The zero-order valence-corrected chi connectivity index (χ0v) is 8.13. The van der Waals surface area contributed by atoms with Gasteiger partial charge in [0.1, 0.15) is 0 Å². The van der Waals surface area contributed by atoms with Crippen molar-refractivity contribution in [3.63, 3.8) is 0 Å². The van der Waals surface area contributed by atoms with Crippen molar-refractivity contribution in [1.29, 1.82) is 5.26 Å². The molecule has 0 saturated heterocycles. The molecule has 0 unspecified atom stereocenters. The van der Waals surface area contributed by atoms with Crippen LogP contribution in [0.5, 0.6) is 0 Å². The van der Waals surface area contributed by atoms with Gasteiger partial charge in [0.05, 0.1) is 0 Å². The van der Waals surface area contributed by atoms with Crippen LogP contribution < -0.4 is 11.1 Å². The predicted molar refractivity (Wildman–Crippen MR) is 51.6 cm³/mol. The fourth-order valence-electron chi connectivity index (χ4n) is 0.791.